The van der Waals surface area contributed by atoms with E-state index < -0.39 is 73.0 Å². The number of ether oxygens (including phenoxy) is 7. The predicted octanol–water partition coefficient (Wildman–Crippen LogP) is 2.70. The summed E-state index contributed by atoms with van der Waals surface area (Å²) in [4.78, 5) is 73.6. The summed E-state index contributed by atoms with van der Waals surface area (Å²) >= 11 is 1.00. The van der Waals surface area contributed by atoms with Crippen molar-refractivity contribution in [3.8, 4) is 5.75 Å². The zero-order valence-electron chi connectivity index (χ0n) is 29.0. The van der Waals surface area contributed by atoms with Crippen molar-refractivity contribution in [2.75, 3.05) is 12.4 Å². The van der Waals surface area contributed by atoms with Crippen molar-refractivity contribution in [3.63, 3.8) is 0 Å². The topological polar surface area (TPSA) is 222 Å². The van der Waals surface area contributed by atoms with Crippen LogP contribution in [0.25, 0.3) is 10.8 Å². The number of hydrazone groups is 1. The van der Waals surface area contributed by atoms with Gasteiger partial charge in [-0.15, -0.1) is 15.3 Å². The number of fused-ring (bicyclic) bond motifs is 1. The Morgan fingerprint density at radius 2 is 1.44 bits per heavy atom. The molecule has 1 aliphatic rings. The zero-order chi connectivity index (χ0) is 37.9. The number of carbonyl (C=O) groups is 6. The van der Waals surface area contributed by atoms with E-state index in [0.29, 0.717) is 5.75 Å². The van der Waals surface area contributed by atoms with Crippen molar-refractivity contribution in [2.45, 2.75) is 84.0 Å². The molecule has 0 saturated carbocycles. The van der Waals surface area contributed by atoms with Gasteiger partial charge in [0.1, 0.15) is 12.4 Å². The van der Waals surface area contributed by atoms with Crippen LogP contribution >= 0.6 is 11.8 Å². The van der Waals surface area contributed by atoms with E-state index in [2.05, 4.69) is 15.3 Å². The second kappa shape index (κ2) is 18.0. The highest BCUT2D eigenvalue weighted by molar-refractivity contribution is 7.99. The van der Waals surface area contributed by atoms with Gasteiger partial charge in [0.25, 0.3) is 11.1 Å². The van der Waals surface area contributed by atoms with Gasteiger partial charge >= 0.3 is 29.8 Å². The molecular formula is C33H36N4O14S. The molecule has 1 aromatic heterocycles. The molecule has 2 aromatic carbocycles. The highest BCUT2D eigenvalue weighted by Crippen LogP contribution is 2.30. The number of carbonyl (C=O) groups excluding carboxylic acids is 6. The van der Waals surface area contributed by atoms with Crippen LogP contribution in [0.15, 0.2) is 57.2 Å². The second-order valence-electron chi connectivity index (χ2n) is 11.1. The van der Waals surface area contributed by atoms with Gasteiger partial charge in [0.2, 0.25) is 18.0 Å². The monoisotopic (exact) mass is 744 g/mol. The number of aromatic nitrogens is 2. The van der Waals surface area contributed by atoms with E-state index in [-0.39, 0.29) is 29.4 Å². The molecule has 19 heteroatoms. The third-order valence-electron chi connectivity index (χ3n) is 6.88. The van der Waals surface area contributed by atoms with Crippen molar-refractivity contribution in [1.29, 1.82) is 0 Å². The van der Waals surface area contributed by atoms with Crippen molar-refractivity contribution in [3.05, 3.63) is 48.4 Å². The van der Waals surface area contributed by atoms with Crippen LogP contribution in [0.5, 0.6) is 5.75 Å². The lowest BCUT2D eigenvalue weighted by atomic mass is 10.00. The zero-order valence-corrected chi connectivity index (χ0v) is 29.8. The number of amides is 1. The molecule has 0 bridgehead atoms. The van der Waals surface area contributed by atoms with Gasteiger partial charge < -0.3 is 37.6 Å². The van der Waals surface area contributed by atoms with Crippen molar-refractivity contribution in [1.82, 2.24) is 15.2 Å². The van der Waals surface area contributed by atoms with Gasteiger partial charge in [-0.25, -0.2) is 0 Å². The molecule has 18 nitrogen and oxygen atoms in total. The second-order valence-corrected chi connectivity index (χ2v) is 12.0. The summed E-state index contributed by atoms with van der Waals surface area (Å²) < 4.78 is 44.3. The van der Waals surface area contributed by atoms with E-state index in [1.165, 1.54) is 0 Å². The predicted molar refractivity (Wildman–Crippen MR) is 177 cm³/mol. The normalized spacial score (nSPS) is 16.0. The number of hydrogen-bond acceptors (Lipinski definition) is 18. The van der Waals surface area contributed by atoms with Crippen LogP contribution < -0.4 is 4.74 Å². The fraction of sp³-hybridized carbons (Fsp3) is 0.424. The third-order valence-corrected chi connectivity index (χ3v) is 7.68. The van der Waals surface area contributed by atoms with E-state index in [1.54, 1.807) is 0 Å². The standard InChI is InChI=1S/C33H36N4O14S/c1-17(38)37-32(31(49-22(6)43)30(48-21(5)42)29(47-20(4)41)26(46-19(3)40)14-44-18(2)39)50-28(36-37)16-52-33-35-34-27(51-33)15-45-25-13-9-11-23-10-7-8-12-24(23)25/h7-13,26,29-32H,14-16H2,1-6H3/t26-,29+,30+,31-,32?/m1/s1. The van der Waals surface area contributed by atoms with Gasteiger partial charge in [0.15, 0.2) is 31.0 Å². The summed E-state index contributed by atoms with van der Waals surface area (Å²) in [7, 11) is 0. The number of esters is 5. The summed E-state index contributed by atoms with van der Waals surface area (Å²) in [6.07, 6.45) is -8.49. The summed E-state index contributed by atoms with van der Waals surface area (Å²) in [6, 6.07) is 13.4. The molecule has 0 fully saturated rings. The minimum absolute atomic E-state index is 0.0178. The van der Waals surface area contributed by atoms with E-state index >= 15 is 0 Å². The molecule has 1 unspecified atom stereocenters. The first-order chi connectivity index (χ1) is 24.7. The molecule has 4 rings (SSSR count). The summed E-state index contributed by atoms with van der Waals surface area (Å²) in [5.41, 5.74) is 0. The van der Waals surface area contributed by atoms with Crippen LogP contribution in [0.4, 0.5) is 0 Å². The van der Waals surface area contributed by atoms with Gasteiger partial charge in [-0.3, -0.25) is 28.8 Å². The molecule has 0 radical (unpaired) electrons. The molecule has 2 heterocycles. The van der Waals surface area contributed by atoms with Gasteiger partial charge in [-0.1, -0.05) is 48.2 Å². The molecular weight excluding hydrogens is 708 g/mol. The van der Waals surface area contributed by atoms with Crippen molar-refractivity contribution in [2.24, 2.45) is 5.10 Å². The van der Waals surface area contributed by atoms with Crippen LogP contribution in [-0.4, -0.2) is 99.9 Å². The maximum atomic E-state index is 12.8. The Morgan fingerprint density at radius 1 is 0.788 bits per heavy atom. The first-order valence-electron chi connectivity index (χ1n) is 15.6. The van der Waals surface area contributed by atoms with Crippen molar-refractivity contribution >= 4 is 64.2 Å². The minimum atomic E-state index is -1.81. The lowest BCUT2D eigenvalue weighted by Gasteiger charge is -2.37. The molecule has 278 valence electrons. The molecule has 1 amide bonds. The molecule has 0 saturated heterocycles. The van der Waals surface area contributed by atoms with Crippen LogP contribution in [0.2, 0.25) is 0 Å². The van der Waals surface area contributed by atoms with Crippen LogP contribution in [0.3, 0.4) is 0 Å². The molecule has 5 atom stereocenters. The van der Waals surface area contributed by atoms with Gasteiger partial charge in [0.05, 0.1) is 5.75 Å². The Hall–Kier alpha value is -5.72. The van der Waals surface area contributed by atoms with Gasteiger partial charge in [-0.05, 0) is 11.5 Å². The average Bonchev–Trinajstić information content (AvgIpc) is 3.72. The summed E-state index contributed by atoms with van der Waals surface area (Å²) in [5, 5.41) is 15.1. The molecule has 3 aromatic rings. The number of nitrogens with zero attached hydrogens (tertiary/aromatic N) is 4. The first kappa shape index (κ1) is 39.1. The van der Waals surface area contributed by atoms with E-state index in [1.807, 2.05) is 42.5 Å². The summed E-state index contributed by atoms with van der Waals surface area (Å²) in [5.74, 6) is -4.49. The van der Waals surface area contributed by atoms with E-state index in [9.17, 15) is 28.8 Å². The third kappa shape index (κ3) is 10.9. The van der Waals surface area contributed by atoms with E-state index in [4.69, 9.17) is 37.6 Å². The van der Waals surface area contributed by atoms with Gasteiger partial charge in [-0.2, -0.15) is 5.01 Å². The van der Waals surface area contributed by atoms with E-state index in [0.717, 1.165) is 69.1 Å². The Labute approximate surface area is 301 Å². The number of thioether (sulfide) groups is 1. The number of rotatable bonds is 16. The smallest absolute Gasteiger partial charge is 0.303 e. The van der Waals surface area contributed by atoms with Crippen LogP contribution in [0.1, 0.15) is 47.4 Å². The maximum absolute atomic E-state index is 12.8. The Balaban J connectivity index is 1.55. The molecule has 52 heavy (non-hydrogen) atoms. The molecule has 1 aliphatic heterocycles. The fourth-order valence-corrected chi connectivity index (χ4v) is 5.62. The fourth-order valence-electron chi connectivity index (χ4n) is 4.99. The quantitative estimate of drug-likeness (QED) is 0.117. The van der Waals surface area contributed by atoms with Crippen molar-refractivity contribution < 1.29 is 66.3 Å². The molecule has 0 spiro atoms. The lowest BCUT2D eigenvalue weighted by molar-refractivity contribution is -0.216. The molecule has 0 N–H and O–H groups in total. The van der Waals surface area contributed by atoms with Crippen LogP contribution in [-0.2, 0) is 63.8 Å². The van der Waals surface area contributed by atoms with Gasteiger partial charge in [0, 0.05) is 46.9 Å². The number of benzene rings is 2. The largest absolute Gasteiger partial charge is 0.483 e. The average molecular weight is 745 g/mol. The minimum Gasteiger partial charge on any atom is -0.483 e. The first-order valence-corrected chi connectivity index (χ1v) is 16.6. The Bertz CT molecular complexity index is 1830. The number of hydrogen-bond donors (Lipinski definition) is 0. The highest BCUT2D eigenvalue weighted by Gasteiger charge is 2.51. The Kier molecular flexibility index (Phi) is 13.5. The Morgan fingerprint density at radius 3 is 2.10 bits per heavy atom. The van der Waals surface area contributed by atoms with Crippen LogP contribution in [0, 0.1) is 0 Å². The molecule has 0 aliphatic carbocycles. The maximum Gasteiger partial charge on any atom is 0.303 e. The SMILES string of the molecule is CC(=O)OC[C@@H](OC(C)=O)[C@H](OC(C)=O)[C@H](OC(C)=O)[C@@H](OC(C)=O)C1OC(CSc2nnc(COc3cccc4ccccc34)o2)=NN1C(C)=O. The highest BCUT2D eigenvalue weighted by atomic mass is 32.2. The summed E-state index contributed by atoms with van der Waals surface area (Å²) in [6.45, 7) is 5.65. The lowest BCUT2D eigenvalue weighted by Crippen LogP contribution is -2.59.